The standard InChI is InChI=1S/C20H26N2O2/c1-19(2,3)17(23)11-15-16(12-18(24)20(4,5)6)22-14-10-8-7-9-13(14)21-15/h7-12,23-24H,1-6H3. The highest BCUT2D eigenvalue weighted by Crippen LogP contribution is 2.28. The van der Waals surface area contributed by atoms with E-state index in [0.717, 1.165) is 11.0 Å². The van der Waals surface area contributed by atoms with Crippen molar-refractivity contribution in [3.8, 4) is 0 Å². The summed E-state index contributed by atoms with van der Waals surface area (Å²) in [4.78, 5) is 9.22. The lowest BCUT2D eigenvalue weighted by Crippen LogP contribution is -2.10. The fraction of sp³-hybridized carbons (Fsp3) is 0.400. The molecule has 0 saturated heterocycles. The van der Waals surface area contributed by atoms with Crippen LogP contribution < -0.4 is 0 Å². The van der Waals surface area contributed by atoms with E-state index in [4.69, 9.17) is 0 Å². The smallest absolute Gasteiger partial charge is 0.0998 e. The number of hydrogen-bond donors (Lipinski definition) is 2. The number of para-hydroxylation sites is 2. The molecule has 0 amide bonds. The summed E-state index contributed by atoms with van der Waals surface area (Å²) in [5, 5.41) is 20.7. The molecule has 0 spiro atoms. The number of aliphatic hydroxyl groups excluding tert-OH is 2. The second kappa shape index (κ2) is 6.27. The number of rotatable bonds is 2. The summed E-state index contributed by atoms with van der Waals surface area (Å²) in [6.45, 7) is 11.6. The van der Waals surface area contributed by atoms with Crippen LogP contribution in [-0.2, 0) is 0 Å². The van der Waals surface area contributed by atoms with E-state index in [0.29, 0.717) is 11.4 Å². The molecule has 0 aliphatic rings. The van der Waals surface area contributed by atoms with Gasteiger partial charge in [0.2, 0.25) is 0 Å². The summed E-state index contributed by atoms with van der Waals surface area (Å²) in [6.07, 6.45) is 3.25. The van der Waals surface area contributed by atoms with Crippen molar-refractivity contribution in [2.75, 3.05) is 0 Å². The van der Waals surface area contributed by atoms with Gasteiger partial charge in [-0.1, -0.05) is 53.7 Å². The second-order valence-electron chi connectivity index (χ2n) is 8.04. The molecule has 1 aromatic carbocycles. The van der Waals surface area contributed by atoms with Crippen LogP contribution in [0.4, 0.5) is 0 Å². The van der Waals surface area contributed by atoms with E-state index < -0.39 is 0 Å². The fourth-order valence-electron chi connectivity index (χ4n) is 1.93. The SMILES string of the molecule is CC(C)(C)C(O)=Cc1nc2ccccc2nc1C=C(O)C(C)(C)C. The van der Waals surface area contributed by atoms with Gasteiger partial charge in [0, 0.05) is 23.0 Å². The Hall–Kier alpha value is -2.36. The number of aliphatic hydroxyl groups is 2. The van der Waals surface area contributed by atoms with Crippen LogP contribution in [0.25, 0.3) is 23.2 Å². The van der Waals surface area contributed by atoms with Gasteiger partial charge in [-0.25, -0.2) is 9.97 Å². The van der Waals surface area contributed by atoms with Gasteiger partial charge in [-0.15, -0.1) is 0 Å². The quantitative estimate of drug-likeness (QED) is 0.713. The maximum atomic E-state index is 10.3. The highest BCUT2D eigenvalue weighted by molar-refractivity contribution is 5.78. The number of allylic oxidation sites excluding steroid dienone is 2. The fourth-order valence-corrected chi connectivity index (χ4v) is 1.93. The first-order chi connectivity index (χ1) is 11.0. The third kappa shape index (κ3) is 4.13. The largest absolute Gasteiger partial charge is 0.512 e. The minimum atomic E-state index is -0.389. The first kappa shape index (κ1) is 18.0. The van der Waals surface area contributed by atoms with Crippen molar-refractivity contribution in [3.63, 3.8) is 0 Å². The van der Waals surface area contributed by atoms with E-state index in [1.807, 2.05) is 65.8 Å². The van der Waals surface area contributed by atoms with Gasteiger partial charge in [-0.2, -0.15) is 0 Å². The summed E-state index contributed by atoms with van der Waals surface area (Å²) in [5.41, 5.74) is 1.80. The Kier molecular flexibility index (Phi) is 4.70. The molecule has 0 atom stereocenters. The van der Waals surface area contributed by atoms with Gasteiger partial charge < -0.3 is 10.2 Å². The van der Waals surface area contributed by atoms with Crippen LogP contribution in [0.15, 0.2) is 35.8 Å². The molecule has 1 heterocycles. The van der Waals surface area contributed by atoms with E-state index in [1.54, 1.807) is 12.2 Å². The van der Waals surface area contributed by atoms with Gasteiger partial charge in [0.15, 0.2) is 0 Å². The third-order valence-corrected chi connectivity index (χ3v) is 3.71. The van der Waals surface area contributed by atoms with Crippen LogP contribution in [0.3, 0.4) is 0 Å². The lowest BCUT2D eigenvalue weighted by atomic mass is 9.92. The molecule has 4 heteroatoms. The van der Waals surface area contributed by atoms with Gasteiger partial charge in [-0.05, 0) is 12.1 Å². The maximum absolute atomic E-state index is 10.3. The van der Waals surface area contributed by atoms with Crippen molar-refractivity contribution in [2.45, 2.75) is 41.5 Å². The normalized spacial score (nSPS) is 14.2. The molecular weight excluding hydrogens is 300 g/mol. The molecule has 0 unspecified atom stereocenters. The summed E-state index contributed by atoms with van der Waals surface area (Å²) in [5.74, 6) is 0.439. The van der Waals surface area contributed by atoms with Crippen molar-refractivity contribution in [1.29, 1.82) is 0 Å². The molecule has 2 aromatic rings. The van der Waals surface area contributed by atoms with E-state index >= 15 is 0 Å². The summed E-state index contributed by atoms with van der Waals surface area (Å²) < 4.78 is 0. The molecule has 2 rings (SSSR count). The van der Waals surface area contributed by atoms with Crippen LogP contribution in [0.1, 0.15) is 52.9 Å². The Morgan fingerprint density at radius 3 is 1.38 bits per heavy atom. The van der Waals surface area contributed by atoms with Crippen LogP contribution in [-0.4, -0.2) is 20.2 Å². The molecule has 0 bridgehead atoms. The molecule has 128 valence electrons. The maximum Gasteiger partial charge on any atom is 0.0998 e. The zero-order valence-corrected chi connectivity index (χ0v) is 15.3. The number of aromatic nitrogens is 2. The van der Waals surface area contributed by atoms with Crippen molar-refractivity contribution < 1.29 is 10.2 Å². The molecule has 0 radical (unpaired) electrons. The molecular formula is C20H26N2O2. The summed E-state index contributed by atoms with van der Waals surface area (Å²) >= 11 is 0. The van der Waals surface area contributed by atoms with E-state index in [1.165, 1.54) is 0 Å². The van der Waals surface area contributed by atoms with E-state index in [9.17, 15) is 10.2 Å². The van der Waals surface area contributed by atoms with Crippen molar-refractivity contribution in [2.24, 2.45) is 10.8 Å². The predicted octanol–water partition coefficient (Wildman–Crippen LogP) is 5.52. The van der Waals surface area contributed by atoms with E-state index in [-0.39, 0.29) is 22.3 Å². The number of benzene rings is 1. The number of nitrogens with zero attached hydrogens (tertiary/aromatic N) is 2. The molecule has 2 N–H and O–H groups in total. The molecule has 0 fully saturated rings. The molecule has 0 saturated carbocycles. The lowest BCUT2D eigenvalue weighted by molar-refractivity contribution is 0.282. The van der Waals surface area contributed by atoms with Gasteiger partial charge in [0.1, 0.15) is 0 Å². The van der Waals surface area contributed by atoms with Crippen LogP contribution in [0, 0.1) is 10.8 Å². The Bertz CT molecular complexity index is 738. The minimum Gasteiger partial charge on any atom is -0.512 e. The van der Waals surface area contributed by atoms with Crippen molar-refractivity contribution in [1.82, 2.24) is 9.97 Å². The van der Waals surface area contributed by atoms with Crippen molar-refractivity contribution in [3.05, 3.63) is 47.2 Å². The average Bonchev–Trinajstić information content (AvgIpc) is 2.45. The topological polar surface area (TPSA) is 66.2 Å². The summed E-state index contributed by atoms with van der Waals surface area (Å²) in [6, 6.07) is 7.56. The Morgan fingerprint density at radius 1 is 0.750 bits per heavy atom. The Labute approximate surface area is 143 Å². The summed E-state index contributed by atoms with van der Waals surface area (Å²) in [7, 11) is 0. The number of hydrogen-bond acceptors (Lipinski definition) is 4. The van der Waals surface area contributed by atoms with Gasteiger partial charge in [0.25, 0.3) is 0 Å². The van der Waals surface area contributed by atoms with Gasteiger partial charge in [-0.3, -0.25) is 0 Å². The molecule has 0 aliphatic heterocycles. The molecule has 0 aliphatic carbocycles. The Morgan fingerprint density at radius 2 is 1.08 bits per heavy atom. The molecule has 24 heavy (non-hydrogen) atoms. The first-order valence-electron chi connectivity index (χ1n) is 8.07. The zero-order valence-electron chi connectivity index (χ0n) is 15.3. The van der Waals surface area contributed by atoms with Crippen LogP contribution >= 0.6 is 0 Å². The minimum absolute atomic E-state index is 0.219. The predicted molar refractivity (Wildman–Crippen MR) is 99.7 cm³/mol. The number of fused-ring (bicyclic) bond motifs is 1. The van der Waals surface area contributed by atoms with E-state index in [2.05, 4.69) is 9.97 Å². The highest BCUT2D eigenvalue weighted by Gasteiger charge is 2.20. The van der Waals surface area contributed by atoms with Gasteiger partial charge >= 0.3 is 0 Å². The van der Waals surface area contributed by atoms with Crippen LogP contribution in [0.5, 0.6) is 0 Å². The average molecular weight is 326 g/mol. The monoisotopic (exact) mass is 326 g/mol. The molecule has 1 aromatic heterocycles. The van der Waals surface area contributed by atoms with Crippen molar-refractivity contribution >= 4 is 23.2 Å². The zero-order chi connectivity index (χ0) is 18.1. The second-order valence-corrected chi connectivity index (χ2v) is 8.04. The highest BCUT2D eigenvalue weighted by atomic mass is 16.3. The Balaban J connectivity index is 2.69. The van der Waals surface area contributed by atoms with Gasteiger partial charge in [0.05, 0.1) is 33.9 Å². The molecule has 4 nitrogen and oxygen atoms in total. The van der Waals surface area contributed by atoms with Crippen LogP contribution in [0.2, 0.25) is 0 Å². The third-order valence-electron chi connectivity index (χ3n) is 3.71. The first-order valence-corrected chi connectivity index (χ1v) is 8.07. The lowest BCUT2D eigenvalue weighted by Gasteiger charge is -2.19.